The van der Waals surface area contributed by atoms with Crippen molar-refractivity contribution in [1.29, 1.82) is 0 Å². The van der Waals surface area contributed by atoms with Crippen LogP contribution in [0.25, 0.3) is 0 Å². The number of allylic oxidation sites excluding steroid dienone is 2. The van der Waals surface area contributed by atoms with Crippen LogP contribution >= 0.6 is 12.2 Å². The van der Waals surface area contributed by atoms with Crippen LogP contribution in [0.3, 0.4) is 0 Å². The largest absolute Gasteiger partial charge is 0.375 e. The van der Waals surface area contributed by atoms with Gasteiger partial charge in [-0.3, -0.25) is 5.43 Å². The average Bonchev–Trinajstić information content (AvgIpc) is 2.69. The maximum absolute atomic E-state index is 5.39. The second-order valence-electron chi connectivity index (χ2n) is 4.40. The Morgan fingerprint density at radius 2 is 2.31 bits per heavy atom. The van der Waals surface area contributed by atoms with E-state index in [1.54, 1.807) is 0 Å². The Bertz CT molecular complexity index is 251. The summed E-state index contributed by atoms with van der Waals surface area (Å²) in [6.07, 6.45) is 11.3. The van der Waals surface area contributed by atoms with E-state index in [2.05, 4.69) is 23.9 Å². The van der Waals surface area contributed by atoms with Gasteiger partial charge in [0.2, 0.25) is 0 Å². The smallest absolute Gasteiger partial charge is 0.182 e. The first-order valence-electron chi connectivity index (χ1n) is 6.25. The van der Waals surface area contributed by atoms with Crippen LogP contribution in [0, 0.1) is 5.92 Å². The van der Waals surface area contributed by atoms with Crippen molar-refractivity contribution in [1.82, 2.24) is 10.9 Å². The summed E-state index contributed by atoms with van der Waals surface area (Å²) in [5, 5.41) is 0.303. The summed E-state index contributed by atoms with van der Waals surface area (Å²) in [6, 6.07) is 0. The van der Waals surface area contributed by atoms with E-state index in [4.69, 9.17) is 18.0 Å². The molecular weight excluding hydrogens is 218 g/mol. The van der Waals surface area contributed by atoms with E-state index in [1.165, 1.54) is 50.6 Å². The molecule has 0 spiro atoms. The molecule has 0 saturated carbocycles. The van der Waals surface area contributed by atoms with E-state index in [0.717, 1.165) is 0 Å². The SMILES string of the molecule is CCCCCC[C@H]1CCC=C1NNC(N)=S. The van der Waals surface area contributed by atoms with E-state index in [-0.39, 0.29) is 0 Å². The monoisotopic (exact) mass is 241 g/mol. The van der Waals surface area contributed by atoms with Crippen molar-refractivity contribution in [2.45, 2.75) is 51.9 Å². The molecular formula is C12H23N3S. The van der Waals surface area contributed by atoms with Gasteiger partial charge in [0.15, 0.2) is 5.11 Å². The first-order valence-corrected chi connectivity index (χ1v) is 6.66. The Morgan fingerprint density at radius 3 is 3.00 bits per heavy atom. The number of rotatable bonds is 7. The number of hydrogen-bond donors (Lipinski definition) is 3. The molecule has 0 aromatic heterocycles. The molecule has 0 radical (unpaired) electrons. The number of unbranched alkanes of at least 4 members (excludes halogenated alkanes) is 3. The minimum Gasteiger partial charge on any atom is -0.375 e. The Hall–Kier alpha value is -0.770. The summed E-state index contributed by atoms with van der Waals surface area (Å²) in [5.74, 6) is 0.665. The molecule has 1 aliphatic carbocycles. The molecule has 0 aromatic carbocycles. The molecule has 1 aliphatic rings. The van der Waals surface area contributed by atoms with Crippen molar-refractivity contribution in [2.24, 2.45) is 11.7 Å². The molecule has 0 heterocycles. The highest BCUT2D eigenvalue weighted by Gasteiger charge is 2.18. The van der Waals surface area contributed by atoms with Crippen LogP contribution in [-0.4, -0.2) is 5.11 Å². The van der Waals surface area contributed by atoms with Gasteiger partial charge in [0, 0.05) is 11.6 Å². The predicted octanol–water partition coefficient (Wildman–Crippen LogP) is 2.59. The van der Waals surface area contributed by atoms with Crippen molar-refractivity contribution in [3.63, 3.8) is 0 Å². The lowest BCUT2D eigenvalue weighted by atomic mass is 9.98. The molecule has 0 saturated heterocycles. The van der Waals surface area contributed by atoms with E-state index < -0.39 is 0 Å². The zero-order chi connectivity index (χ0) is 11.8. The van der Waals surface area contributed by atoms with Crippen molar-refractivity contribution in [2.75, 3.05) is 0 Å². The molecule has 4 heteroatoms. The summed E-state index contributed by atoms with van der Waals surface area (Å²) in [7, 11) is 0. The van der Waals surface area contributed by atoms with Crippen molar-refractivity contribution >= 4 is 17.3 Å². The molecule has 0 unspecified atom stereocenters. The highest BCUT2D eigenvalue weighted by Crippen LogP contribution is 2.28. The van der Waals surface area contributed by atoms with Crippen molar-refractivity contribution in [3.8, 4) is 0 Å². The Balaban J connectivity index is 2.20. The third kappa shape index (κ3) is 4.84. The maximum Gasteiger partial charge on any atom is 0.182 e. The summed E-state index contributed by atoms with van der Waals surface area (Å²) in [5.41, 5.74) is 12.6. The van der Waals surface area contributed by atoms with Gasteiger partial charge >= 0.3 is 0 Å². The Morgan fingerprint density at radius 1 is 1.50 bits per heavy atom. The molecule has 0 fully saturated rings. The fourth-order valence-corrected chi connectivity index (χ4v) is 2.22. The van der Waals surface area contributed by atoms with Crippen LogP contribution in [-0.2, 0) is 0 Å². The van der Waals surface area contributed by atoms with Gasteiger partial charge < -0.3 is 11.2 Å². The van der Waals surface area contributed by atoms with Crippen molar-refractivity contribution < 1.29 is 0 Å². The quantitative estimate of drug-likeness (QED) is 0.364. The lowest BCUT2D eigenvalue weighted by Gasteiger charge is -2.17. The van der Waals surface area contributed by atoms with Gasteiger partial charge in [-0.25, -0.2) is 0 Å². The molecule has 4 N–H and O–H groups in total. The second-order valence-corrected chi connectivity index (χ2v) is 4.84. The number of hydrazine groups is 1. The molecule has 16 heavy (non-hydrogen) atoms. The van der Waals surface area contributed by atoms with E-state index >= 15 is 0 Å². The molecule has 0 aliphatic heterocycles. The molecule has 0 bridgehead atoms. The molecule has 0 amide bonds. The standard InChI is InChI=1S/C12H23N3S/c1-2-3-4-5-7-10-8-6-9-11(10)14-15-12(13)16/h9-10,14H,2-8H2,1H3,(H3,13,15,16)/t10-/m0/s1. The third-order valence-electron chi connectivity index (χ3n) is 3.06. The lowest BCUT2D eigenvalue weighted by Crippen LogP contribution is -2.41. The van der Waals surface area contributed by atoms with Gasteiger partial charge in [-0.15, -0.1) is 0 Å². The second kappa shape index (κ2) is 7.49. The van der Waals surface area contributed by atoms with Crippen LogP contribution in [0.15, 0.2) is 11.8 Å². The third-order valence-corrected chi connectivity index (χ3v) is 3.16. The normalized spacial score (nSPS) is 19.3. The number of nitrogens with two attached hydrogens (primary N) is 1. The van der Waals surface area contributed by atoms with Gasteiger partial charge in [-0.2, -0.15) is 0 Å². The molecule has 0 aromatic rings. The van der Waals surface area contributed by atoms with Gasteiger partial charge in [-0.05, 0) is 31.5 Å². The number of nitrogens with one attached hydrogen (secondary N) is 2. The van der Waals surface area contributed by atoms with Crippen LogP contribution in [0.2, 0.25) is 0 Å². The predicted molar refractivity (Wildman–Crippen MR) is 72.6 cm³/mol. The average molecular weight is 241 g/mol. The van der Waals surface area contributed by atoms with Crippen LogP contribution in [0.5, 0.6) is 0 Å². The minimum atomic E-state index is 0.303. The molecule has 1 rings (SSSR count). The summed E-state index contributed by atoms with van der Waals surface area (Å²) < 4.78 is 0. The highest BCUT2D eigenvalue weighted by atomic mass is 32.1. The van der Waals surface area contributed by atoms with Gasteiger partial charge in [0.05, 0.1) is 0 Å². The molecule has 3 nitrogen and oxygen atoms in total. The van der Waals surface area contributed by atoms with E-state index in [0.29, 0.717) is 11.0 Å². The highest BCUT2D eigenvalue weighted by molar-refractivity contribution is 7.80. The minimum absolute atomic E-state index is 0.303. The van der Waals surface area contributed by atoms with E-state index in [9.17, 15) is 0 Å². The first kappa shape index (κ1) is 13.3. The van der Waals surface area contributed by atoms with Crippen LogP contribution < -0.4 is 16.6 Å². The topological polar surface area (TPSA) is 50.1 Å². The number of thiocarbonyl (C=S) groups is 1. The van der Waals surface area contributed by atoms with Gasteiger partial charge in [0.25, 0.3) is 0 Å². The van der Waals surface area contributed by atoms with Crippen LogP contribution in [0.4, 0.5) is 0 Å². The van der Waals surface area contributed by atoms with Gasteiger partial charge in [-0.1, -0.05) is 38.7 Å². The summed E-state index contributed by atoms with van der Waals surface area (Å²) in [4.78, 5) is 0. The maximum atomic E-state index is 5.39. The van der Waals surface area contributed by atoms with E-state index in [1.807, 2.05) is 0 Å². The lowest BCUT2D eigenvalue weighted by molar-refractivity contribution is 0.478. The van der Waals surface area contributed by atoms with Crippen LogP contribution in [0.1, 0.15) is 51.9 Å². The number of hydrogen-bond acceptors (Lipinski definition) is 2. The zero-order valence-corrected chi connectivity index (χ0v) is 10.9. The summed E-state index contributed by atoms with van der Waals surface area (Å²) >= 11 is 4.77. The zero-order valence-electron chi connectivity index (χ0n) is 10.1. The Labute approximate surface area is 104 Å². The molecule has 1 atom stereocenters. The molecule has 92 valence electrons. The Kier molecular flexibility index (Phi) is 6.23. The fraction of sp³-hybridized carbons (Fsp3) is 0.750. The van der Waals surface area contributed by atoms with Crippen molar-refractivity contribution in [3.05, 3.63) is 11.8 Å². The summed E-state index contributed by atoms with van der Waals surface area (Å²) in [6.45, 7) is 2.24. The fourth-order valence-electron chi connectivity index (χ4n) is 2.17. The first-order chi connectivity index (χ1) is 7.74. The van der Waals surface area contributed by atoms with Gasteiger partial charge in [0.1, 0.15) is 0 Å².